The number of hydrogen-bond donors (Lipinski definition) is 0. The molecule has 1 nitrogen and oxygen atoms in total. The van der Waals surface area contributed by atoms with E-state index in [4.69, 9.17) is 0 Å². The zero-order chi connectivity index (χ0) is 22.6. The van der Waals surface area contributed by atoms with Crippen molar-refractivity contribution in [3.63, 3.8) is 0 Å². The van der Waals surface area contributed by atoms with Crippen LogP contribution >= 0.6 is 0 Å². The first-order valence-corrected chi connectivity index (χ1v) is 12.7. The Morgan fingerprint density at radius 1 is 0.781 bits per heavy atom. The lowest BCUT2D eigenvalue weighted by Crippen LogP contribution is -2.32. The molecular formula is C29H39F2N. The van der Waals surface area contributed by atoms with Gasteiger partial charge in [0, 0.05) is 12.6 Å². The maximum atomic E-state index is 16.0. The lowest BCUT2D eigenvalue weighted by molar-refractivity contribution is 0.162. The molecule has 0 aromatic heterocycles. The normalized spacial score (nSPS) is 20.7. The van der Waals surface area contributed by atoms with Crippen molar-refractivity contribution in [2.45, 2.75) is 94.9 Å². The smallest absolute Gasteiger partial charge is 0.136 e. The van der Waals surface area contributed by atoms with Gasteiger partial charge in [-0.05, 0) is 107 Å². The highest BCUT2D eigenvalue weighted by Crippen LogP contribution is 2.49. The molecule has 2 aliphatic rings. The summed E-state index contributed by atoms with van der Waals surface area (Å²) >= 11 is 0. The topological polar surface area (TPSA) is 3.24 Å². The minimum absolute atomic E-state index is 0.359. The third kappa shape index (κ3) is 5.09. The van der Waals surface area contributed by atoms with Crippen molar-refractivity contribution in [2.24, 2.45) is 0 Å². The summed E-state index contributed by atoms with van der Waals surface area (Å²) < 4.78 is 31.9. The lowest BCUT2D eigenvalue weighted by atomic mass is 9.80. The molecule has 2 fully saturated rings. The molecule has 0 N–H and O–H groups in total. The molecule has 0 spiro atoms. The highest BCUT2D eigenvalue weighted by Gasteiger charge is 2.42. The molecule has 3 heteroatoms. The number of benzene rings is 2. The quantitative estimate of drug-likeness (QED) is 0.388. The fourth-order valence-electron chi connectivity index (χ4n) is 5.85. The fourth-order valence-corrected chi connectivity index (χ4v) is 5.85. The molecule has 2 aromatic carbocycles. The van der Waals surface area contributed by atoms with Gasteiger partial charge in [-0.25, -0.2) is 8.78 Å². The van der Waals surface area contributed by atoms with E-state index >= 15 is 8.78 Å². The molecule has 2 aromatic rings. The summed E-state index contributed by atoms with van der Waals surface area (Å²) in [5.41, 5.74) is 1.35. The highest BCUT2D eigenvalue weighted by atomic mass is 19.1. The zero-order valence-corrected chi connectivity index (χ0v) is 19.9. The molecule has 0 saturated heterocycles. The van der Waals surface area contributed by atoms with Gasteiger partial charge in [-0.15, -0.1) is 0 Å². The van der Waals surface area contributed by atoms with Gasteiger partial charge in [0.25, 0.3) is 0 Å². The Morgan fingerprint density at radius 2 is 1.31 bits per heavy atom. The van der Waals surface area contributed by atoms with Gasteiger partial charge in [0.05, 0.1) is 0 Å². The first kappa shape index (κ1) is 23.4. The van der Waals surface area contributed by atoms with E-state index in [0.717, 1.165) is 68.2 Å². The standard InChI is InChI=1S/C29H39F2N/c1-23(32(2)22-17-24-11-4-3-5-12-24)15-16-25-26(28(30)18-6-7-19-28)13-10-14-27(25)29(31)20-8-9-21-29/h3-5,10-14,23H,6-9,15-22H2,1-2H3. The van der Waals surface area contributed by atoms with E-state index in [2.05, 4.69) is 49.2 Å². The average molecular weight is 440 g/mol. The van der Waals surface area contributed by atoms with Gasteiger partial charge >= 0.3 is 0 Å². The van der Waals surface area contributed by atoms with Gasteiger partial charge in [-0.3, -0.25) is 0 Å². The molecule has 2 saturated carbocycles. The van der Waals surface area contributed by atoms with Crippen LogP contribution in [-0.4, -0.2) is 24.5 Å². The van der Waals surface area contributed by atoms with Crippen LogP contribution in [0, 0.1) is 0 Å². The number of hydrogen-bond acceptors (Lipinski definition) is 1. The molecule has 0 aliphatic heterocycles. The Labute approximate surface area is 193 Å². The predicted octanol–water partition coefficient (Wildman–Crippen LogP) is 7.66. The van der Waals surface area contributed by atoms with E-state index in [1.165, 1.54) is 5.56 Å². The van der Waals surface area contributed by atoms with Crippen molar-refractivity contribution < 1.29 is 8.78 Å². The molecule has 1 atom stereocenters. The van der Waals surface area contributed by atoms with Gasteiger partial charge in [-0.1, -0.05) is 48.5 Å². The SMILES string of the molecule is CC(CCc1c(C2(F)CCCC2)cccc1C1(F)CCCC1)N(C)CCc1ccccc1. The molecule has 4 rings (SSSR count). The largest absolute Gasteiger partial charge is 0.303 e. The fraction of sp³-hybridized carbons (Fsp3) is 0.586. The van der Waals surface area contributed by atoms with Gasteiger partial charge in [-0.2, -0.15) is 0 Å². The van der Waals surface area contributed by atoms with Gasteiger partial charge in [0.15, 0.2) is 0 Å². The van der Waals surface area contributed by atoms with Crippen molar-refractivity contribution in [1.29, 1.82) is 0 Å². The minimum atomic E-state index is -1.28. The molecule has 0 bridgehead atoms. The first-order chi connectivity index (χ1) is 15.4. The van der Waals surface area contributed by atoms with E-state index in [1.54, 1.807) is 0 Å². The average Bonchev–Trinajstić information content (AvgIpc) is 3.46. The maximum Gasteiger partial charge on any atom is 0.136 e. The number of halogens is 2. The number of nitrogens with zero attached hydrogens (tertiary/aromatic N) is 1. The van der Waals surface area contributed by atoms with Crippen molar-refractivity contribution >= 4 is 0 Å². The van der Waals surface area contributed by atoms with Crippen LogP contribution in [0.25, 0.3) is 0 Å². The van der Waals surface area contributed by atoms with Crippen molar-refractivity contribution in [3.8, 4) is 0 Å². The summed E-state index contributed by atoms with van der Waals surface area (Å²) in [6.07, 6.45) is 8.72. The van der Waals surface area contributed by atoms with Gasteiger partial charge < -0.3 is 4.90 Å². The number of alkyl halides is 2. The van der Waals surface area contributed by atoms with E-state index in [-0.39, 0.29) is 0 Å². The first-order valence-electron chi connectivity index (χ1n) is 12.7. The molecule has 1 unspecified atom stereocenters. The molecule has 0 heterocycles. The summed E-state index contributed by atoms with van der Waals surface area (Å²) in [5.74, 6) is 0. The zero-order valence-electron chi connectivity index (χ0n) is 19.9. The number of rotatable bonds is 9. The Kier molecular flexibility index (Phi) is 7.34. The summed E-state index contributed by atoms with van der Waals surface area (Å²) in [6, 6.07) is 16.7. The summed E-state index contributed by atoms with van der Waals surface area (Å²) in [7, 11) is 2.17. The second kappa shape index (κ2) is 10.0. The van der Waals surface area contributed by atoms with Crippen LogP contribution < -0.4 is 0 Å². The Bertz CT molecular complexity index is 826. The van der Waals surface area contributed by atoms with Crippen molar-refractivity contribution in [2.75, 3.05) is 13.6 Å². The predicted molar refractivity (Wildman–Crippen MR) is 130 cm³/mol. The molecule has 0 amide bonds. The Morgan fingerprint density at radius 3 is 1.84 bits per heavy atom. The molecule has 32 heavy (non-hydrogen) atoms. The third-order valence-corrected chi connectivity index (χ3v) is 8.09. The van der Waals surface area contributed by atoms with Crippen LogP contribution in [0.5, 0.6) is 0 Å². The van der Waals surface area contributed by atoms with E-state index in [1.807, 2.05) is 18.2 Å². The van der Waals surface area contributed by atoms with Crippen LogP contribution in [0.15, 0.2) is 48.5 Å². The van der Waals surface area contributed by atoms with Crippen LogP contribution in [-0.2, 0) is 24.2 Å². The maximum absolute atomic E-state index is 16.0. The summed E-state index contributed by atoms with van der Waals surface area (Å²) in [5, 5.41) is 0. The van der Waals surface area contributed by atoms with Crippen LogP contribution in [0.1, 0.15) is 87.0 Å². The second-order valence-electron chi connectivity index (χ2n) is 10.3. The van der Waals surface area contributed by atoms with Gasteiger partial charge in [0.2, 0.25) is 0 Å². The Hall–Kier alpha value is -1.74. The third-order valence-electron chi connectivity index (χ3n) is 8.09. The summed E-state index contributed by atoms with van der Waals surface area (Å²) in [6.45, 7) is 3.23. The minimum Gasteiger partial charge on any atom is -0.303 e. The molecule has 0 radical (unpaired) electrons. The van der Waals surface area contributed by atoms with Crippen LogP contribution in [0.3, 0.4) is 0 Å². The van der Waals surface area contributed by atoms with E-state index < -0.39 is 11.3 Å². The van der Waals surface area contributed by atoms with Gasteiger partial charge in [0.1, 0.15) is 11.3 Å². The monoisotopic (exact) mass is 439 g/mol. The molecular weight excluding hydrogens is 400 g/mol. The van der Waals surface area contributed by atoms with E-state index in [9.17, 15) is 0 Å². The summed E-state index contributed by atoms with van der Waals surface area (Å²) in [4.78, 5) is 2.39. The van der Waals surface area contributed by atoms with Crippen LogP contribution in [0.2, 0.25) is 0 Å². The second-order valence-corrected chi connectivity index (χ2v) is 10.3. The number of likely N-dealkylation sites (N-methyl/N-ethyl adjacent to an activating group) is 1. The lowest BCUT2D eigenvalue weighted by Gasteiger charge is -2.31. The van der Waals surface area contributed by atoms with E-state index in [0.29, 0.717) is 31.7 Å². The highest BCUT2D eigenvalue weighted by molar-refractivity contribution is 5.43. The molecule has 174 valence electrons. The van der Waals surface area contributed by atoms with Crippen molar-refractivity contribution in [1.82, 2.24) is 4.90 Å². The molecule has 2 aliphatic carbocycles. The van der Waals surface area contributed by atoms with Crippen LogP contribution in [0.4, 0.5) is 8.78 Å². The van der Waals surface area contributed by atoms with Crippen molar-refractivity contribution in [3.05, 3.63) is 70.8 Å². The Balaban J connectivity index is 1.51.